The van der Waals surface area contributed by atoms with Crippen molar-refractivity contribution >= 4 is 11.3 Å². The Bertz CT molecular complexity index is 485. The molecule has 3 rings (SSSR count). The number of nitrogens with zero attached hydrogens (tertiary/aromatic N) is 1. The van der Waals surface area contributed by atoms with Gasteiger partial charge >= 0.3 is 0 Å². The van der Waals surface area contributed by atoms with Crippen molar-refractivity contribution in [3.05, 3.63) is 58.3 Å². The summed E-state index contributed by atoms with van der Waals surface area (Å²) in [7, 11) is 0. The zero-order valence-corrected chi connectivity index (χ0v) is 12.8. The van der Waals surface area contributed by atoms with Crippen molar-refractivity contribution in [3.63, 3.8) is 0 Å². The second-order valence-corrected chi connectivity index (χ2v) is 6.65. The SMILES string of the molecule is c1ccc(C(CCN2CCCCC2)c2cccs2)cc1. The van der Waals surface area contributed by atoms with Crippen molar-refractivity contribution in [2.45, 2.75) is 31.6 Å². The molecular formula is C18H23NS. The molecule has 2 heterocycles. The summed E-state index contributed by atoms with van der Waals surface area (Å²) in [5, 5.41) is 2.20. The summed E-state index contributed by atoms with van der Waals surface area (Å²) >= 11 is 1.89. The molecule has 1 aliphatic heterocycles. The molecule has 2 aromatic rings. The van der Waals surface area contributed by atoms with Gasteiger partial charge in [-0.3, -0.25) is 0 Å². The van der Waals surface area contributed by atoms with Crippen LogP contribution in [-0.2, 0) is 0 Å². The lowest BCUT2D eigenvalue weighted by Crippen LogP contribution is -2.31. The Kier molecular flexibility index (Phi) is 4.88. The number of thiophene rings is 1. The summed E-state index contributed by atoms with van der Waals surface area (Å²) in [4.78, 5) is 4.15. The monoisotopic (exact) mass is 285 g/mol. The summed E-state index contributed by atoms with van der Waals surface area (Å²) in [6, 6.07) is 15.5. The van der Waals surface area contributed by atoms with Gasteiger partial charge in [0.05, 0.1) is 0 Å². The van der Waals surface area contributed by atoms with Crippen molar-refractivity contribution in [1.29, 1.82) is 0 Å². The lowest BCUT2D eigenvalue weighted by atomic mass is 9.93. The second kappa shape index (κ2) is 7.05. The maximum Gasteiger partial charge on any atom is 0.0196 e. The third-order valence-corrected chi connectivity index (χ3v) is 5.26. The Morgan fingerprint density at radius 1 is 0.950 bits per heavy atom. The Morgan fingerprint density at radius 2 is 1.75 bits per heavy atom. The Labute approximate surface area is 126 Å². The van der Waals surface area contributed by atoms with E-state index in [1.165, 1.54) is 55.8 Å². The molecule has 0 saturated carbocycles. The highest BCUT2D eigenvalue weighted by atomic mass is 32.1. The summed E-state index contributed by atoms with van der Waals surface area (Å²) < 4.78 is 0. The number of benzene rings is 1. The fraction of sp³-hybridized carbons (Fsp3) is 0.444. The van der Waals surface area contributed by atoms with Gasteiger partial charge in [0.15, 0.2) is 0 Å². The highest BCUT2D eigenvalue weighted by Crippen LogP contribution is 2.31. The minimum atomic E-state index is 0.568. The molecule has 1 nitrogen and oxygen atoms in total. The van der Waals surface area contributed by atoms with E-state index < -0.39 is 0 Å². The first-order chi connectivity index (χ1) is 9.93. The van der Waals surface area contributed by atoms with Gasteiger partial charge in [0.25, 0.3) is 0 Å². The number of hydrogen-bond donors (Lipinski definition) is 0. The lowest BCUT2D eigenvalue weighted by molar-refractivity contribution is 0.223. The van der Waals surface area contributed by atoms with Crippen LogP contribution in [0.5, 0.6) is 0 Å². The summed E-state index contributed by atoms with van der Waals surface area (Å²) in [6.45, 7) is 3.83. The van der Waals surface area contributed by atoms with E-state index in [-0.39, 0.29) is 0 Å². The molecule has 0 bridgehead atoms. The molecule has 1 aromatic carbocycles. The van der Waals surface area contributed by atoms with Crippen LogP contribution in [0.25, 0.3) is 0 Å². The van der Waals surface area contributed by atoms with Gasteiger partial charge in [-0.2, -0.15) is 0 Å². The average molecular weight is 285 g/mol. The predicted molar refractivity (Wildman–Crippen MR) is 87.5 cm³/mol. The molecule has 0 aliphatic carbocycles. The summed E-state index contributed by atoms with van der Waals surface area (Å²) in [6.07, 6.45) is 5.43. The minimum Gasteiger partial charge on any atom is -0.303 e. The smallest absolute Gasteiger partial charge is 0.0196 e. The standard InChI is InChI=1S/C18H23NS/c1-3-8-16(9-4-1)17(18-10-7-15-20-18)11-14-19-12-5-2-6-13-19/h1,3-4,7-10,15,17H,2,5-6,11-14H2. The molecule has 1 atom stereocenters. The lowest BCUT2D eigenvalue weighted by Gasteiger charge is -2.28. The molecule has 106 valence electrons. The second-order valence-electron chi connectivity index (χ2n) is 5.67. The molecule has 0 spiro atoms. The third kappa shape index (κ3) is 3.50. The fourth-order valence-corrected chi connectivity index (χ4v) is 4.03. The molecule has 1 aromatic heterocycles. The number of hydrogen-bond acceptors (Lipinski definition) is 2. The van der Waals surface area contributed by atoms with Crippen LogP contribution in [0.1, 0.15) is 42.0 Å². The Morgan fingerprint density at radius 3 is 2.45 bits per heavy atom. The van der Waals surface area contributed by atoms with E-state index in [9.17, 15) is 0 Å². The molecule has 1 fully saturated rings. The molecule has 2 heteroatoms. The van der Waals surface area contributed by atoms with Crippen LogP contribution in [0, 0.1) is 0 Å². The molecule has 1 unspecified atom stereocenters. The first-order valence-electron chi connectivity index (χ1n) is 7.74. The summed E-state index contributed by atoms with van der Waals surface area (Å²) in [5.41, 5.74) is 1.46. The summed E-state index contributed by atoms with van der Waals surface area (Å²) in [5.74, 6) is 0.568. The van der Waals surface area contributed by atoms with Gasteiger partial charge in [-0.1, -0.05) is 42.8 Å². The van der Waals surface area contributed by atoms with Crippen LogP contribution >= 0.6 is 11.3 Å². The number of rotatable bonds is 5. The van der Waals surface area contributed by atoms with Crippen LogP contribution in [0.4, 0.5) is 0 Å². The van der Waals surface area contributed by atoms with Gasteiger partial charge in [0, 0.05) is 10.8 Å². The average Bonchev–Trinajstić information content (AvgIpc) is 3.04. The molecule has 1 saturated heterocycles. The molecule has 0 radical (unpaired) electrons. The first-order valence-corrected chi connectivity index (χ1v) is 8.62. The largest absolute Gasteiger partial charge is 0.303 e. The van der Waals surface area contributed by atoms with E-state index in [1.54, 1.807) is 0 Å². The van der Waals surface area contributed by atoms with Gasteiger partial charge in [-0.15, -0.1) is 11.3 Å². The fourth-order valence-electron chi connectivity index (χ4n) is 3.14. The number of piperidine rings is 1. The van der Waals surface area contributed by atoms with Crippen LogP contribution < -0.4 is 0 Å². The van der Waals surface area contributed by atoms with E-state index >= 15 is 0 Å². The first kappa shape index (κ1) is 13.8. The van der Waals surface area contributed by atoms with E-state index in [4.69, 9.17) is 0 Å². The van der Waals surface area contributed by atoms with Gasteiger partial charge in [0.2, 0.25) is 0 Å². The van der Waals surface area contributed by atoms with E-state index in [0.717, 1.165) is 0 Å². The van der Waals surface area contributed by atoms with Gasteiger partial charge in [0.1, 0.15) is 0 Å². The third-order valence-electron chi connectivity index (χ3n) is 4.27. The molecule has 20 heavy (non-hydrogen) atoms. The van der Waals surface area contributed by atoms with Crippen LogP contribution in [0.2, 0.25) is 0 Å². The van der Waals surface area contributed by atoms with Crippen LogP contribution in [0.3, 0.4) is 0 Å². The molecule has 0 N–H and O–H groups in total. The van der Waals surface area contributed by atoms with Crippen molar-refractivity contribution in [2.75, 3.05) is 19.6 Å². The number of likely N-dealkylation sites (tertiary alicyclic amines) is 1. The van der Waals surface area contributed by atoms with E-state index in [2.05, 4.69) is 52.7 Å². The van der Waals surface area contributed by atoms with Crippen molar-refractivity contribution in [1.82, 2.24) is 4.90 Å². The Balaban J connectivity index is 1.69. The van der Waals surface area contributed by atoms with Gasteiger partial charge in [-0.25, -0.2) is 0 Å². The van der Waals surface area contributed by atoms with Gasteiger partial charge in [-0.05, 0) is 55.9 Å². The minimum absolute atomic E-state index is 0.568. The maximum atomic E-state index is 2.65. The highest BCUT2D eigenvalue weighted by Gasteiger charge is 2.17. The van der Waals surface area contributed by atoms with Gasteiger partial charge < -0.3 is 4.90 Å². The maximum absolute atomic E-state index is 2.65. The molecule has 1 aliphatic rings. The normalized spacial score (nSPS) is 18.0. The van der Waals surface area contributed by atoms with Crippen molar-refractivity contribution in [3.8, 4) is 0 Å². The van der Waals surface area contributed by atoms with Crippen LogP contribution in [0.15, 0.2) is 47.8 Å². The molecular weight excluding hydrogens is 262 g/mol. The predicted octanol–water partition coefficient (Wildman–Crippen LogP) is 4.76. The zero-order chi connectivity index (χ0) is 13.6. The molecule has 0 amide bonds. The van der Waals surface area contributed by atoms with Crippen molar-refractivity contribution in [2.24, 2.45) is 0 Å². The zero-order valence-electron chi connectivity index (χ0n) is 12.0. The van der Waals surface area contributed by atoms with Crippen molar-refractivity contribution < 1.29 is 0 Å². The quantitative estimate of drug-likeness (QED) is 0.766. The van der Waals surface area contributed by atoms with Crippen LogP contribution in [-0.4, -0.2) is 24.5 Å². The van der Waals surface area contributed by atoms with E-state index in [1.807, 2.05) is 11.3 Å². The highest BCUT2D eigenvalue weighted by molar-refractivity contribution is 7.10. The topological polar surface area (TPSA) is 3.24 Å². The van der Waals surface area contributed by atoms with E-state index in [0.29, 0.717) is 5.92 Å². The Hall–Kier alpha value is -1.12.